The van der Waals surface area contributed by atoms with E-state index in [1.54, 1.807) is 11.3 Å². The lowest BCUT2D eigenvalue weighted by Gasteiger charge is -2.19. The first kappa shape index (κ1) is 13.7. The maximum absolute atomic E-state index is 3.67. The second kappa shape index (κ2) is 7.86. The van der Waals surface area contributed by atoms with Crippen LogP contribution in [0.25, 0.3) is 0 Å². The monoisotopic (exact) mass is 239 g/mol. The number of hydrogen-bond acceptors (Lipinski definition) is 2. The van der Waals surface area contributed by atoms with Crippen LogP contribution in [0.4, 0.5) is 0 Å². The second-order valence-electron chi connectivity index (χ2n) is 4.70. The predicted octanol–water partition coefficient (Wildman–Crippen LogP) is 4.76. The first-order valence-corrected chi connectivity index (χ1v) is 7.46. The maximum Gasteiger partial charge on any atom is 0.0302 e. The Morgan fingerprint density at radius 1 is 1.25 bits per heavy atom. The molecule has 0 amide bonds. The molecule has 16 heavy (non-hydrogen) atoms. The van der Waals surface area contributed by atoms with Crippen molar-refractivity contribution >= 4 is 11.3 Å². The van der Waals surface area contributed by atoms with Crippen LogP contribution in [-0.4, -0.2) is 6.04 Å². The third kappa shape index (κ3) is 5.13. The van der Waals surface area contributed by atoms with Crippen molar-refractivity contribution in [3.8, 4) is 0 Å². The molecule has 0 radical (unpaired) electrons. The van der Waals surface area contributed by atoms with E-state index in [9.17, 15) is 0 Å². The van der Waals surface area contributed by atoms with Crippen LogP contribution in [0, 0.1) is 0 Å². The van der Waals surface area contributed by atoms with E-state index >= 15 is 0 Å². The minimum absolute atomic E-state index is 0.493. The SMILES string of the molecule is CCCCCCC(C)NC(C)c1ccsc1. The molecule has 0 bridgehead atoms. The van der Waals surface area contributed by atoms with Gasteiger partial charge in [0, 0.05) is 12.1 Å². The summed E-state index contributed by atoms with van der Waals surface area (Å²) in [6.07, 6.45) is 6.75. The number of unbranched alkanes of at least 4 members (excludes halogenated alkanes) is 3. The Morgan fingerprint density at radius 3 is 2.69 bits per heavy atom. The van der Waals surface area contributed by atoms with Crippen LogP contribution >= 0.6 is 11.3 Å². The quantitative estimate of drug-likeness (QED) is 0.645. The molecule has 2 unspecified atom stereocenters. The van der Waals surface area contributed by atoms with Gasteiger partial charge in [-0.2, -0.15) is 11.3 Å². The molecule has 1 aromatic heterocycles. The molecule has 0 spiro atoms. The standard InChI is InChI=1S/C14H25NS/c1-4-5-6-7-8-12(2)15-13(3)14-9-10-16-11-14/h9-13,15H,4-8H2,1-3H3. The van der Waals surface area contributed by atoms with Gasteiger partial charge in [0.1, 0.15) is 0 Å². The van der Waals surface area contributed by atoms with Gasteiger partial charge in [-0.1, -0.05) is 32.6 Å². The van der Waals surface area contributed by atoms with E-state index in [1.165, 1.54) is 37.7 Å². The molecule has 0 aliphatic carbocycles. The molecular formula is C14H25NS. The van der Waals surface area contributed by atoms with E-state index in [0.717, 1.165) is 0 Å². The fourth-order valence-electron chi connectivity index (χ4n) is 2.01. The van der Waals surface area contributed by atoms with Crippen molar-refractivity contribution in [2.75, 3.05) is 0 Å². The number of thiophene rings is 1. The molecule has 1 heterocycles. The molecule has 1 N–H and O–H groups in total. The summed E-state index contributed by atoms with van der Waals surface area (Å²) in [6, 6.07) is 3.34. The van der Waals surface area contributed by atoms with Crippen molar-refractivity contribution in [1.29, 1.82) is 0 Å². The van der Waals surface area contributed by atoms with Gasteiger partial charge in [0.2, 0.25) is 0 Å². The molecule has 92 valence electrons. The van der Waals surface area contributed by atoms with Gasteiger partial charge in [-0.25, -0.2) is 0 Å². The maximum atomic E-state index is 3.67. The van der Waals surface area contributed by atoms with Crippen LogP contribution in [0.1, 0.15) is 64.5 Å². The molecule has 0 saturated heterocycles. The number of hydrogen-bond donors (Lipinski definition) is 1. The molecule has 1 aromatic rings. The number of nitrogens with one attached hydrogen (secondary N) is 1. The number of rotatable bonds is 8. The molecule has 0 saturated carbocycles. The van der Waals surface area contributed by atoms with Crippen LogP contribution in [0.2, 0.25) is 0 Å². The highest BCUT2D eigenvalue weighted by atomic mass is 32.1. The average molecular weight is 239 g/mol. The summed E-state index contributed by atoms with van der Waals surface area (Å²) in [5.74, 6) is 0. The summed E-state index contributed by atoms with van der Waals surface area (Å²) in [5, 5.41) is 8.06. The van der Waals surface area contributed by atoms with E-state index in [-0.39, 0.29) is 0 Å². The Morgan fingerprint density at radius 2 is 2.06 bits per heavy atom. The molecule has 0 aliphatic rings. The van der Waals surface area contributed by atoms with Crippen LogP contribution in [0.15, 0.2) is 16.8 Å². The minimum atomic E-state index is 0.493. The van der Waals surface area contributed by atoms with Crippen LogP contribution in [0.3, 0.4) is 0 Å². The van der Waals surface area contributed by atoms with Gasteiger partial charge < -0.3 is 5.32 Å². The Hall–Kier alpha value is -0.340. The highest BCUT2D eigenvalue weighted by Crippen LogP contribution is 2.17. The summed E-state index contributed by atoms with van der Waals surface area (Å²) in [5.41, 5.74) is 1.42. The summed E-state index contributed by atoms with van der Waals surface area (Å²) in [6.45, 7) is 6.82. The lowest BCUT2D eigenvalue weighted by Crippen LogP contribution is -2.28. The Bertz CT molecular complexity index is 256. The zero-order valence-corrected chi connectivity index (χ0v) is 11.6. The van der Waals surface area contributed by atoms with Crippen molar-refractivity contribution in [3.05, 3.63) is 22.4 Å². The molecule has 1 rings (SSSR count). The van der Waals surface area contributed by atoms with Gasteiger partial charge in [0.05, 0.1) is 0 Å². The van der Waals surface area contributed by atoms with E-state index in [4.69, 9.17) is 0 Å². The lowest BCUT2D eigenvalue weighted by atomic mass is 10.1. The molecular weight excluding hydrogens is 214 g/mol. The third-order valence-corrected chi connectivity index (χ3v) is 3.77. The normalized spacial score (nSPS) is 14.9. The molecule has 2 atom stereocenters. The van der Waals surface area contributed by atoms with Crippen molar-refractivity contribution < 1.29 is 0 Å². The van der Waals surface area contributed by atoms with Gasteiger partial charge in [-0.05, 0) is 42.7 Å². The molecule has 2 heteroatoms. The topological polar surface area (TPSA) is 12.0 Å². The Balaban J connectivity index is 2.16. The van der Waals surface area contributed by atoms with Crippen LogP contribution in [0.5, 0.6) is 0 Å². The van der Waals surface area contributed by atoms with Crippen molar-refractivity contribution in [3.63, 3.8) is 0 Å². The first-order valence-electron chi connectivity index (χ1n) is 6.52. The third-order valence-electron chi connectivity index (χ3n) is 3.07. The Labute approximate surface area is 104 Å². The van der Waals surface area contributed by atoms with Crippen LogP contribution < -0.4 is 5.32 Å². The Kier molecular flexibility index (Phi) is 6.74. The smallest absolute Gasteiger partial charge is 0.0302 e. The zero-order valence-electron chi connectivity index (χ0n) is 10.8. The van der Waals surface area contributed by atoms with Gasteiger partial charge in [-0.15, -0.1) is 0 Å². The summed E-state index contributed by atoms with van der Waals surface area (Å²) >= 11 is 1.78. The molecule has 0 aliphatic heterocycles. The van der Waals surface area contributed by atoms with Gasteiger partial charge in [0.15, 0.2) is 0 Å². The summed E-state index contributed by atoms with van der Waals surface area (Å²) in [7, 11) is 0. The van der Waals surface area contributed by atoms with Gasteiger partial charge in [0.25, 0.3) is 0 Å². The second-order valence-corrected chi connectivity index (χ2v) is 5.48. The van der Waals surface area contributed by atoms with Crippen molar-refractivity contribution in [2.45, 2.75) is 65.0 Å². The highest BCUT2D eigenvalue weighted by molar-refractivity contribution is 7.07. The fraction of sp³-hybridized carbons (Fsp3) is 0.714. The first-order chi connectivity index (χ1) is 7.74. The van der Waals surface area contributed by atoms with E-state index in [0.29, 0.717) is 12.1 Å². The van der Waals surface area contributed by atoms with Gasteiger partial charge >= 0.3 is 0 Å². The van der Waals surface area contributed by atoms with Gasteiger partial charge in [-0.3, -0.25) is 0 Å². The summed E-state index contributed by atoms with van der Waals surface area (Å²) in [4.78, 5) is 0. The predicted molar refractivity (Wildman–Crippen MR) is 74.1 cm³/mol. The zero-order chi connectivity index (χ0) is 11.8. The fourth-order valence-corrected chi connectivity index (χ4v) is 2.76. The van der Waals surface area contributed by atoms with Crippen molar-refractivity contribution in [2.24, 2.45) is 0 Å². The lowest BCUT2D eigenvalue weighted by molar-refractivity contribution is 0.438. The average Bonchev–Trinajstić information content (AvgIpc) is 2.77. The van der Waals surface area contributed by atoms with Crippen LogP contribution in [-0.2, 0) is 0 Å². The minimum Gasteiger partial charge on any atom is -0.308 e. The van der Waals surface area contributed by atoms with E-state index in [1.807, 2.05) is 0 Å². The van der Waals surface area contributed by atoms with E-state index in [2.05, 4.69) is 42.9 Å². The highest BCUT2D eigenvalue weighted by Gasteiger charge is 2.09. The van der Waals surface area contributed by atoms with E-state index < -0.39 is 0 Å². The largest absolute Gasteiger partial charge is 0.308 e. The molecule has 0 fully saturated rings. The van der Waals surface area contributed by atoms with Crippen molar-refractivity contribution in [1.82, 2.24) is 5.32 Å². The molecule has 0 aromatic carbocycles. The summed E-state index contributed by atoms with van der Waals surface area (Å²) < 4.78 is 0. The molecule has 1 nitrogen and oxygen atoms in total.